The molecule has 0 heterocycles. The van der Waals surface area contributed by atoms with Crippen LogP contribution in [0.15, 0.2) is 48.3 Å². The lowest BCUT2D eigenvalue weighted by molar-refractivity contribution is 0.541. The maximum absolute atomic E-state index is 14.1. The van der Waals surface area contributed by atoms with Gasteiger partial charge in [0.2, 0.25) is 0 Å². The molecule has 0 aliphatic rings. The number of hydrogen-bond donors (Lipinski definition) is 0. The van der Waals surface area contributed by atoms with Crippen molar-refractivity contribution < 1.29 is 13.2 Å². The van der Waals surface area contributed by atoms with Crippen LogP contribution in [0, 0.1) is 17.1 Å². The van der Waals surface area contributed by atoms with Crippen molar-refractivity contribution in [2.45, 2.75) is 45.4 Å². The van der Waals surface area contributed by atoms with Gasteiger partial charge in [0.05, 0.1) is 5.56 Å². The normalized spacial score (nSPS) is 11.8. The Morgan fingerprint density at radius 3 is 2.23 bits per heavy atom. The summed E-state index contributed by atoms with van der Waals surface area (Å²) in [5, 5.41) is 8.74. The Bertz CT molecular complexity index is 801. The Morgan fingerprint density at radius 1 is 0.962 bits per heavy atom. The monoisotopic (exact) mass is 357 g/mol. The zero-order valence-electron chi connectivity index (χ0n) is 14.9. The zero-order chi connectivity index (χ0) is 18.9. The number of nitriles is 1. The Morgan fingerprint density at radius 2 is 1.62 bits per heavy atom. The van der Waals surface area contributed by atoms with E-state index >= 15 is 0 Å². The van der Waals surface area contributed by atoms with Gasteiger partial charge in [0.25, 0.3) is 0 Å². The molecule has 0 saturated carbocycles. The van der Waals surface area contributed by atoms with Crippen LogP contribution in [-0.2, 0) is 12.8 Å². The number of hydrogen-bond acceptors (Lipinski definition) is 1. The predicted octanol–water partition coefficient (Wildman–Crippen LogP) is 6.67. The molecule has 0 aliphatic heterocycles. The number of nitrogens with zero attached hydrogens (tertiary/aromatic N) is 1. The standard InChI is InChI=1S/C22H22F3N/c1-2-3-4-5-20(23)22(25)18-11-8-16(9-12-18)6-7-17-10-13-19(15-26)21(24)14-17/h8-14H,2-7H2,1H3/b22-20+. The topological polar surface area (TPSA) is 23.8 Å². The van der Waals surface area contributed by atoms with Gasteiger partial charge in [0.1, 0.15) is 17.7 Å². The molecule has 0 amide bonds. The second-order valence-corrected chi connectivity index (χ2v) is 6.30. The summed E-state index contributed by atoms with van der Waals surface area (Å²) in [6.45, 7) is 2.02. The lowest BCUT2D eigenvalue weighted by atomic mass is 10.0. The number of rotatable bonds is 8. The minimum absolute atomic E-state index is 0.0290. The third kappa shape index (κ3) is 5.49. The number of benzene rings is 2. The van der Waals surface area contributed by atoms with Crippen LogP contribution >= 0.6 is 0 Å². The molecule has 0 aromatic heterocycles. The van der Waals surface area contributed by atoms with Crippen molar-refractivity contribution in [1.29, 1.82) is 5.26 Å². The zero-order valence-corrected chi connectivity index (χ0v) is 14.9. The van der Waals surface area contributed by atoms with E-state index in [-0.39, 0.29) is 17.5 Å². The number of aryl methyl sites for hydroxylation is 2. The van der Waals surface area contributed by atoms with E-state index in [4.69, 9.17) is 5.26 Å². The van der Waals surface area contributed by atoms with Crippen LogP contribution in [-0.4, -0.2) is 0 Å². The molecule has 0 atom stereocenters. The molecule has 26 heavy (non-hydrogen) atoms. The summed E-state index contributed by atoms with van der Waals surface area (Å²) >= 11 is 0. The van der Waals surface area contributed by atoms with Crippen LogP contribution in [0.1, 0.15) is 54.9 Å². The van der Waals surface area contributed by atoms with Crippen LogP contribution in [0.2, 0.25) is 0 Å². The first-order valence-electron chi connectivity index (χ1n) is 8.87. The first kappa shape index (κ1) is 19.8. The first-order valence-corrected chi connectivity index (χ1v) is 8.87. The van der Waals surface area contributed by atoms with E-state index in [1.807, 2.05) is 6.92 Å². The van der Waals surface area contributed by atoms with Gasteiger partial charge in [-0.25, -0.2) is 13.2 Å². The van der Waals surface area contributed by atoms with Gasteiger partial charge >= 0.3 is 0 Å². The quantitative estimate of drug-likeness (QED) is 0.484. The molecule has 2 rings (SSSR count). The fourth-order valence-corrected chi connectivity index (χ4v) is 2.71. The van der Waals surface area contributed by atoms with Gasteiger partial charge in [0, 0.05) is 12.0 Å². The Kier molecular flexibility index (Phi) is 7.47. The Hall–Kier alpha value is -2.54. The van der Waals surface area contributed by atoms with E-state index < -0.39 is 17.5 Å². The minimum Gasteiger partial charge on any atom is -0.209 e. The maximum Gasteiger partial charge on any atom is 0.161 e. The van der Waals surface area contributed by atoms with Crippen molar-refractivity contribution in [1.82, 2.24) is 0 Å². The van der Waals surface area contributed by atoms with E-state index in [1.165, 1.54) is 12.1 Å². The molecule has 1 nitrogen and oxygen atoms in total. The molecule has 0 fully saturated rings. The molecule has 4 heteroatoms. The van der Waals surface area contributed by atoms with Crippen LogP contribution < -0.4 is 0 Å². The minimum atomic E-state index is -0.790. The highest BCUT2D eigenvalue weighted by atomic mass is 19.2. The Balaban J connectivity index is 1.98. The van der Waals surface area contributed by atoms with Gasteiger partial charge in [-0.2, -0.15) is 5.26 Å². The summed E-state index contributed by atoms with van der Waals surface area (Å²) in [4.78, 5) is 0. The SMILES string of the molecule is CCCCC/C(F)=C(\F)c1ccc(CCc2ccc(C#N)c(F)c2)cc1. The highest BCUT2D eigenvalue weighted by Crippen LogP contribution is 2.25. The first-order chi connectivity index (χ1) is 12.5. The van der Waals surface area contributed by atoms with Gasteiger partial charge < -0.3 is 0 Å². The highest BCUT2D eigenvalue weighted by Gasteiger charge is 2.09. The van der Waals surface area contributed by atoms with E-state index in [1.54, 1.807) is 36.4 Å². The van der Waals surface area contributed by atoms with Crippen LogP contribution in [0.5, 0.6) is 0 Å². The van der Waals surface area contributed by atoms with Crippen LogP contribution in [0.4, 0.5) is 13.2 Å². The Labute approximate surface area is 152 Å². The number of halogens is 3. The summed E-state index contributed by atoms with van der Waals surface area (Å²) in [6.07, 6.45) is 3.88. The van der Waals surface area contributed by atoms with E-state index in [0.717, 1.165) is 24.0 Å². The van der Waals surface area contributed by atoms with E-state index in [9.17, 15) is 13.2 Å². The molecular weight excluding hydrogens is 335 g/mol. The molecule has 0 unspecified atom stereocenters. The largest absolute Gasteiger partial charge is 0.209 e. The van der Waals surface area contributed by atoms with Gasteiger partial charge in [-0.1, -0.05) is 50.1 Å². The smallest absolute Gasteiger partial charge is 0.161 e. The van der Waals surface area contributed by atoms with Crippen LogP contribution in [0.25, 0.3) is 5.83 Å². The fourth-order valence-electron chi connectivity index (χ4n) is 2.71. The van der Waals surface area contributed by atoms with Crippen molar-refractivity contribution in [3.05, 3.63) is 76.4 Å². The molecule has 0 aliphatic carbocycles. The van der Waals surface area contributed by atoms with E-state index in [0.29, 0.717) is 19.3 Å². The summed E-state index contributed by atoms with van der Waals surface area (Å²) in [5.74, 6) is -2.01. The van der Waals surface area contributed by atoms with Crippen molar-refractivity contribution in [2.75, 3.05) is 0 Å². The van der Waals surface area contributed by atoms with Crippen molar-refractivity contribution in [2.24, 2.45) is 0 Å². The second kappa shape index (κ2) is 9.82. The third-order valence-electron chi connectivity index (χ3n) is 4.30. The molecule has 0 bridgehead atoms. The fraction of sp³-hybridized carbons (Fsp3) is 0.318. The maximum atomic E-state index is 14.1. The summed E-state index contributed by atoms with van der Waals surface area (Å²) < 4.78 is 41.5. The summed E-state index contributed by atoms with van der Waals surface area (Å²) in [7, 11) is 0. The van der Waals surface area contributed by atoms with Crippen molar-refractivity contribution >= 4 is 5.83 Å². The predicted molar refractivity (Wildman–Crippen MR) is 98.2 cm³/mol. The molecule has 0 radical (unpaired) electrons. The molecular formula is C22H22F3N. The molecule has 0 spiro atoms. The molecule has 136 valence electrons. The summed E-state index contributed by atoms with van der Waals surface area (Å²) in [6, 6.07) is 13.0. The molecule has 2 aromatic carbocycles. The lowest BCUT2D eigenvalue weighted by Gasteiger charge is -2.06. The third-order valence-corrected chi connectivity index (χ3v) is 4.30. The molecule has 0 N–H and O–H groups in total. The summed E-state index contributed by atoms with van der Waals surface area (Å²) in [5.41, 5.74) is 2.02. The van der Waals surface area contributed by atoms with Crippen molar-refractivity contribution in [3.63, 3.8) is 0 Å². The van der Waals surface area contributed by atoms with Crippen molar-refractivity contribution in [3.8, 4) is 6.07 Å². The van der Waals surface area contributed by atoms with Gasteiger partial charge in [-0.05, 0) is 42.5 Å². The number of unbranched alkanes of at least 4 members (excludes halogenated alkanes) is 2. The van der Waals surface area contributed by atoms with Gasteiger partial charge in [-0.15, -0.1) is 0 Å². The molecule has 0 saturated heterocycles. The van der Waals surface area contributed by atoms with E-state index in [2.05, 4.69) is 0 Å². The second-order valence-electron chi connectivity index (χ2n) is 6.30. The molecule has 2 aromatic rings. The number of allylic oxidation sites excluding steroid dienone is 1. The average Bonchev–Trinajstić information content (AvgIpc) is 2.66. The van der Waals surface area contributed by atoms with Crippen LogP contribution in [0.3, 0.4) is 0 Å². The lowest BCUT2D eigenvalue weighted by Crippen LogP contribution is -1.94. The van der Waals surface area contributed by atoms with Gasteiger partial charge in [-0.3, -0.25) is 0 Å². The highest BCUT2D eigenvalue weighted by molar-refractivity contribution is 5.61. The average molecular weight is 357 g/mol. The van der Waals surface area contributed by atoms with Gasteiger partial charge in [0.15, 0.2) is 5.83 Å².